The van der Waals surface area contributed by atoms with E-state index < -0.39 is 11.7 Å². The highest BCUT2D eigenvalue weighted by atomic mass is 35.5. The van der Waals surface area contributed by atoms with Gasteiger partial charge in [-0.3, -0.25) is 0 Å². The van der Waals surface area contributed by atoms with Crippen molar-refractivity contribution in [3.05, 3.63) is 35.4 Å². The first-order valence-electron chi connectivity index (χ1n) is 4.76. The van der Waals surface area contributed by atoms with Crippen LogP contribution in [0.25, 0.3) is 0 Å². The molecule has 1 aliphatic heterocycles. The third-order valence-electron chi connectivity index (χ3n) is 2.60. The highest BCUT2D eigenvalue weighted by Gasteiger charge is 2.41. The molecule has 1 amide bonds. The number of hydrogen-bond donors (Lipinski definition) is 1. The molecule has 1 atom stereocenters. The van der Waals surface area contributed by atoms with Crippen molar-refractivity contribution in [1.29, 1.82) is 0 Å². The van der Waals surface area contributed by atoms with E-state index in [1.165, 1.54) is 5.56 Å². The van der Waals surface area contributed by atoms with Crippen LogP contribution >= 0.6 is 11.6 Å². The van der Waals surface area contributed by atoms with Crippen molar-refractivity contribution in [1.82, 2.24) is 5.32 Å². The zero-order valence-electron chi connectivity index (χ0n) is 8.42. The van der Waals surface area contributed by atoms with Crippen LogP contribution in [-0.2, 0) is 10.3 Å². The number of alkyl carbamates (subject to hydrolysis) is 1. The predicted octanol–water partition coefficient (Wildman–Crippen LogP) is 2.17. The topological polar surface area (TPSA) is 38.3 Å². The van der Waals surface area contributed by atoms with Gasteiger partial charge in [-0.1, -0.05) is 29.8 Å². The van der Waals surface area contributed by atoms with Gasteiger partial charge in [-0.05, 0) is 12.5 Å². The summed E-state index contributed by atoms with van der Waals surface area (Å²) < 4.78 is 5.24. The number of carbonyl (C=O) groups is 1. The van der Waals surface area contributed by atoms with E-state index in [1.54, 1.807) is 0 Å². The molecule has 1 saturated heterocycles. The summed E-state index contributed by atoms with van der Waals surface area (Å²) in [5, 5.41) is 2.63. The fraction of sp³-hybridized carbons (Fsp3) is 0.364. The Labute approximate surface area is 93.4 Å². The Hall–Kier alpha value is -1.22. The van der Waals surface area contributed by atoms with Crippen molar-refractivity contribution in [2.45, 2.75) is 12.5 Å². The Bertz CT molecular complexity index is 377. The van der Waals surface area contributed by atoms with Crippen LogP contribution < -0.4 is 5.32 Å². The summed E-state index contributed by atoms with van der Waals surface area (Å²) in [6.07, 6.45) is -0.406. The number of aryl methyl sites for hydroxylation is 1. The molecule has 80 valence electrons. The van der Waals surface area contributed by atoms with E-state index in [1.807, 2.05) is 31.2 Å². The first-order chi connectivity index (χ1) is 7.16. The molecular weight excluding hydrogens is 214 g/mol. The van der Waals surface area contributed by atoms with Crippen LogP contribution in [0.5, 0.6) is 0 Å². The van der Waals surface area contributed by atoms with E-state index in [9.17, 15) is 4.79 Å². The maximum absolute atomic E-state index is 11.1. The number of halogens is 1. The van der Waals surface area contributed by atoms with E-state index in [0.717, 1.165) is 5.56 Å². The minimum Gasteiger partial charge on any atom is -0.435 e. The lowest BCUT2D eigenvalue weighted by Crippen LogP contribution is -2.32. The van der Waals surface area contributed by atoms with Gasteiger partial charge in [-0.25, -0.2) is 4.79 Å². The maximum Gasteiger partial charge on any atom is 0.408 e. The summed E-state index contributed by atoms with van der Waals surface area (Å²) >= 11 is 5.89. The number of nitrogens with one attached hydrogen (secondary N) is 1. The summed E-state index contributed by atoms with van der Waals surface area (Å²) in [7, 11) is 0. The number of ether oxygens (including phenoxy) is 1. The van der Waals surface area contributed by atoms with Crippen molar-refractivity contribution in [3.63, 3.8) is 0 Å². The lowest BCUT2D eigenvalue weighted by atomic mass is 9.95. The molecule has 1 heterocycles. The Kier molecular flexibility index (Phi) is 2.57. The Morgan fingerprint density at radius 2 is 2.13 bits per heavy atom. The molecule has 0 saturated carbocycles. The number of alkyl halides is 1. The van der Waals surface area contributed by atoms with Gasteiger partial charge >= 0.3 is 6.09 Å². The van der Waals surface area contributed by atoms with Crippen molar-refractivity contribution in [3.8, 4) is 0 Å². The van der Waals surface area contributed by atoms with Gasteiger partial charge in [0.15, 0.2) is 5.60 Å². The fourth-order valence-corrected chi connectivity index (χ4v) is 1.94. The molecule has 1 unspecified atom stereocenters. The molecule has 0 radical (unpaired) electrons. The Morgan fingerprint density at radius 3 is 2.60 bits per heavy atom. The van der Waals surface area contributed by atoms with E-state index in [4.69, 9.17) is 16.3 Å². The number of benzene rings is 1. The summed E-state index contributed by atoms with van der Waals surface area (Å²) in [5.74, 6) is 0.259. The van der Waals surface area contributed by atoms with Crippen LogP contribution in [-0.4, -0.2) is 18.5 Å². The van der Waals surface area contributed by atoms with Gasteiger partial charge in [-0.2, -0.15) is 0 Å². The second-order valence-corrected chi connectivity index (χ2v) is 4.00. The molecule has 1 aromatic rings. The minimum absolute atomic E-state index is 0.259. The predicted molar refractivity (Wildman–Crippen MR) is 58.1 cm³/mol. The van der Waals surface area contributed by atoms with Crippen molar-refractivity contribution in [2.75, 3.05) is 12.4 Å². The maximum atomic E-state index is 11.1. The lowest BCUT2D eigenvalue weighted by molar-refractivity contribution is 0.0732. The van der Waals surface area contributed by atoms with E-state index in [2.05, 4.69) is 5.32 Å². The molecule has 2 rings (SSSR count). The average Bonchev–Trinajstić information content (AvgIpc) is 2.62. The summed E-state index contributed by atoms with van der Waals surface area (Å²) in [4.78, 5) is 11.1. The molecule has 4 heteroatoms. The zero-order valence-corrected chi connectivity index (χ0v) is 9.17. The molecule has 0 spiro atoms. The quantitative estimate of drug-likeness (QED) is 0.784. The van der Waals surface area contributed by atoms with Crippen LogP contribution in [0.3, 0.4) is 0 Å². The van der Waals surface area contributed by atoms with Crippen LogP contribution in [0.4, 0.5) is 4.79 Å². The monoisotopic (exact) mass is 225 g/mol. The number of carbonyl (C=O) groups excluding carboxylic acids is 1. The second kappa shape index (κ2) is 3.74. The number of hydrogen-bond acceptors (Lipinski definition) is 2. The molecule has 1 fully saturated rings. The normalized spacial score (nSPS) is 24.8. The van der Waals surface area contributed by atoms with Gasteiger partial charge in [-0.15, -0.1) is 11.6 Å². The average molecular weight is 226 g/mol. The van der Waals surface area contributed by atoms with Gasteiger partial charge in [0.2, 0.25) is 0 Å². The van der Waals surface area contributed by atoms with Gasteiger partial charge in [0.1, 0.15) is 0 Å². The molecule has 15 heavy (non-hydrogen) atoms. The first kappa shape index (κ1) is 10.3. The highest BCUT2D eigenvalue weighted by molar-refractivity contribution is 6.18. The smallest absolute Gasteiger partial charge is 0.408 e. The van der Waals surface area contributed by atoms with E-state index in [-0.39, 0.29) is 5.88 Å². The van der Waals surface area contributed by atoms with Gasteiger partial charge in [0, 0.05) is 0 Å². The van der Waals surface area contributed by atoms with Crippen LogP contribution in [0.1, 0.15) is 11.1 Å². The highest BCUT2D eigenvalue weighted by Crippen LogP contribution is 2.30. The molecule has 0 aromatic heterocycles. The zero-order chi connectivity index (χ0) is 10.9. The fourth-order valence-electron chi connectivity index (χ4n) is 1.63. The third kappa shape index (κ3) is 1.79. The van der Waals surface area contributed by atoms with E-state index >= 15 is 0 Å². The second-order valence-electron chi connectivity index (χ2n) is 3.74. The summed E-state index contributed by atoms with van der Waals surface area (Å²) in [6, 6.07) is 7.85. The lowest BCUT2D eigenvalue weighted by Gasteiger charge is -2.24. The standard InChI is InChI=1S/C11H12ClNO2/c1-8-2-4-9(5-3-8)11(6-12)7-13-10(14)15-11/h2-5H,6-7H2,1H3,(H,13,14). The molecule has 3 nitrogen and oxygen atoms in total. The number of amides is 1. The molecule has 1 N–H and O–H groups in total. The van der Waals surface area contributed by atoms with Crippen LogP contribution in [0.2, 0.25) is 0 Å². The van der Waals surface area contributed by atoms with Crippen LogP contribution in [0.15, 0.2) is 24.3 Å². The molecule has 1 aromatic carbocycles. The Balaban J connectivity index is 2.34. The molecular formula is C11H12ClNO2. The van der Waals surface area contributed by atoms with Crippen molar-refractivity contribution in [2.24, 2.45) is 0 Å². The summed E-state index contributed by atoms with van der Waals surface area (Å²) in [6.45, 7) is 2.44. The Morgan fingerprint density at radius 1 is 1.47 bits per heavy atom. The van der Waals surface area contributed by atoms with Crippen molar-refractivity contribution >= 4 is 17.7 Å². The number of rotatable bonds is 2. The van der Waals surface area contributed by atoms with Crippen molar-refractivity contribution < 1.29 is 9.53 Å². The molecule has 0 bridgehead atoms. The minimum atomic E-state index is -0.702. The number of cyclic esters (lactones) is 1. The largest absolute Gasteiger partial charge is 0.435 e. The van der Waals surface area contributed by atoms with E-state index in [0.29, 0.717) is 6.54 Å². The third-order valence-corrected chi connectivity index (χ3v) is 3.03. The summed E-state index contributed by atoms with van der Waals surface area (Å²) in [5.41, 5.74) is 1.40. The molecule has 0 aliphatic carbocycles. The molecule has 1 aliphatic rings. The van der Waals surface area contributed by atoms with Gasteiger partial charge in [0.05, 0.1) is 12.4 Å². The van der Waals surface area contributed by atoms with Crippen LogP contribution in [0, 0.1) is 6.92 Å². The first-order valence-corrected chi connectivity index (χ1v) is 5.30. The van der Waals surface area contributed by atoms with Gasteiger partial charge in [0.25, 0.3) is 0 Å². The SMILES string of the molecule is Cc1ccc(C2(CCl)CNC(=O)O2)cc1. The van der Waals surface area contributed by atoms with Gasteiger partial charge < -0.3 is 10.1 Å².